The largest absolute Gasteiger partial charge is 0.345 e. The lowest BCUT2D eigenvalue weighted by molar-refractivity contribution is -0.117. The van der Waals surface area contributed by atoms with Crippen LogP contribution in [0.5, 0.6) is 0 Å². The number of nitrogens with zero attached hydrogens (tertiary/aromatic N) is 2. The maximum Gasteiger partial charge on any atom is 0.266 e. The lowest BCUT2D eigenvalue weighted by Gasteiger charge is -2.14. The Balaban J connectivity index is 1.66. The van der Waals surface area contributed by atoms with Gasteiger partial charge in [0.05, 0.1) is 16.6 Å². The fraction of sp³-hybridized carbons (Fsp3) is 0.0833. The minimum absolute atomic E-state index is 0.101. The van der Waals surface area contributed by atoms with E-state index in [-0.39, 0.29) is 23.2 Å². The summed E-state index contributed by atoms with van der Waals surface area (Å²) >= 11 is 1.32. The standard InChI is InChI=1S/C24H18N4O2S/c1-15(16-8-3-2-4-9-16)26-23(29)19(14-25)21-17-10-5-6-11-18(17)22(27-21)28-24(30)20-12-7-13-31-20/h2-13,15H,1H3,(H,26,29)(H,27,28,30)/b21-19-/t15-/m1/s1. The van der Waals surface area contributed by atoms with E-state index in [9.17, 15) is 14.9 Å². The van der Waals surface area contributed by atoms with Crippen molar-refractivity contribution in [2.24, 2.45) is 4.99 Å². The number of hydrogen-bond acceptors (Lipinski definition) is 5. The van der Waals surface area contributed by atoms with Crippen molar-refractivity contribution < 1.29 is 9.59 Å². The van der Waals surface area contributed by atoms with Gasteiger partial charge in [0.25, 0.3) is 11.8 Å². The Kier molecular flexibility index (Phi) is 5.74. The first-order valence-corrected chi connectivity index (χ1v) is 10.5. The number of benzene rings is 2. The van der Waals surface area contributed by atoms with Crippen LogP contribution in [-0.2, 0) is 4.79 Å². The zero-order valence-electron chi connectivity index (χ0n) is 16.6. The van der Waals surface area contributed by atoms with Gasteiger partial charge in [0.2, 0.25) is 0 Å². The quantitative estimate of drug-likeness (QED) is 0.487. The average molecular weight is 427 g/mol. The molecule has 0 fully saturated rings. The highest BCUT2D eigenvalue weighted by Crippen LogP contribution is 2.31. The molecule has 0 spiro atoms. The van der Waals surface area contributed by atoms with E-state index >= 15 is 0 Å². The van der Waals surface area contributed by atoms with Crippen molar-refractivity contribution in [1.29, 1.82) is 5.26 Å². The Morgan fingerprint density at radius 1 is 1.00 bits per heavy atom. The SMILES string of the molecule is C[C@@H](NC(=O)/C(C#N)=C1\N=C(NC(=O)c2cccs2)c2ccccc21)c1ccccc1. The highest BCUT2D eigenvalue weighted by molar-refractivity contribution is 7.12. The molecule has 0 bridgehead atoms. The van der Waals surface area contributed by atoms with Gasteiger partial charge in [-0.15, -0.1) is 11.3 Å². The molecule has 7 heteroatoms. The second-order valence-corrected chi connectivity index (χ2v) is 7.83. The summed E-state index contributed by atoms with van der Waals surface area (Å²) in [7, 11) is 0. The highest BCUT2D eigenvalue weighted by Gasteiger charge is 2.28. The minimum Gasteiger partial charge on any atom is -0.345 e. The number of amidine groups is 1. The summed E-state index contributed by atoms with van der Waals surface area (Å²) in [6.07, 6.45) is 0. The van der Waals surface area contributed by atoms with Gasteiger partial charge in [0.1, 0.15) is 17.5 Å². The highest BCUT2D eigenvalue weighted by atomic mass is 32.1. The molecule has 152 valence electrons. The van der Waals surface area contributed by atoms with Crippen LogP contribution in [0.15, 0.2) is 82.7 Å². The van der Waals surface area contributed by atoms with Crippen molar-refractivity contribution in [1.82, 2.24) is 10.6 Å². The molecule has 0 saturated carbocycles. The van der Waals surface area contributed by atoms with Gasteiger partial charge in [-0.05, 0) is 23.9 Å². The van der Waals surface area contributed by atoms with Gasteiger partial charge in [-0.3, -0.25) is 9.59 Å². The number of hydrogen-bond donors (Lipinski definition) is 2. The van der Waals surface area contributed by atoms with Crippen molar-refractivity contribution >= 4 is 34.7 Å². The van der Waals surface area contributed by atoms with E-state index in [0.29, 0.717) is 21.8 Å². The van der Waals surface area contributed by atoms with Gasteiger partial charge in [0, 0.05) is 11.1 Å². The smallest absolute Gasteiger partial charge is 0.266 e. The molecule has 0 radical (unpaired) electrons. The molecule has 1 aliphatic heterocycles. The monoisotopic (exact) mass is 426 g/mol. The minimum atomic E-state index is -0.516. The Bertz CT molecular complexity index is 1240. The summed E-state index contributed by atoms with van der Waals surface area (Å²) in [5.41, 5.74) is 2.37. The number of carbonyl (C=O) groups excluding carboxylic acids is 2. The summed E-state index contributed by atoms with van der Waals surface area (Å²) in [6, 6.07) is 21.9. The van der Waals surface area contributed by atoms with Crippen LogP contribution in [0.2, 0.25) is 0 Å². The van der Waals surface area contributed by atoms with Gasteiger partial charge >= 0.3 is 0 Å². The second-order valence-electron chi connectivity index (χ2n) is 6.88. The molecule has 0 aliphatic carbocycles. The van der Waals surface area contributed by atoms with Gasteiger partial charge in [-0.1, -0.05) is 60.7 Å². The van der Waals surface area contributed by atoms with Crippen LogP contribution in [0.3, 0.4) is 0 Å². The molecule has 2 N–H and O–H groups in total. The molecule has 1 aliphatic rings. The van der Waals surface area contributed by atoms with E-state index in [0.717, 1.165) is 5.56 Å². The third-order valence-electron chi connectivity index (χ3n) is 4.86. The number of thiophene rings is 1. The molecule has 4 rings (SSSR count). The van der Waals surface area contributed by atoms with E-state index in [1.807, 2.05) is 54.8 Å². The third-order valence-corrected chi connectivity index (χ3v) is 5.73. The van der Waals surface area contributed by atoms with Crippen LogP contribution >= 0.6 is 11.3 Å². The molecular weight excluding hydrogens is 408 g/mol. The normalized spacial score (nSPS) is 14.6. The molecule has 3 aromatic rings. The van der Waals surface area contributed by atoms with Gasteiger partial charge in [-0.25, -0.2) is 4.99 Å². The maximum atomic E-state index is 12.9. The molecule has 31 heavy (non-hydrogen) atoms. The predicted molar refractivity (Wildman–Crippen MR) is 120 cm³/mol. The molecule has 1 atom stereocenters. The van der Waals surface area contributed by atoms with Crippen LogP contribution in [0.1, 0.15) is 39.3 Å². The van der Waals surface area contributed by atoms with Crippen molar-refractivity contribution in [2.45, 2.75) is 13.0 Å². The van der Waals surface area contributed by atoms with Gasteiger partial charge < -0.3 is 10.6 Å². The van der Waals surface area contributed by atoms with E-state index in [2.05, 4.69) is 15.6 Å². The third kappa shape index (κ3) is 4.15. The lowest BCUT2D eigenvalue weighted by atomic mass is 10.0. The first kappa shape index (κ1) is 20.3. The molecular formula is C24H18N4O2S. The fourth-order valence-corrected chi connectivity index (χ4v) is 3.92. The number of carbonyl (C=O) groups is 2. The van der Waals surface area contributed by atoms with Crippen LogP contribution in [0.4, 0.5) is 0 Å². The lowest BCUT2D eigenvalue weighted by Crippen LogP contribution is -2.29. The molecule has 2 amide bonds. The van der Waals surface area contributed by atoms with Crippen molar-refractivity contribution in [3.05, 3.63) is 99.3 Å². The average Bonchev–Trinajstić information content (AvgIpc) is 3.44. The van der Waals surface area contributed by atoms with Crippen molar-refractivity contribution in [3.63, 3.8) is 0 Å². The molecule has 6 nitrogen and oxygen atoms in total. The Morgan fingerprint density at radius 3 is 2.39 bits per heavy atom. The number of nitriles is 1. The van der Waals surface area contributed by atoms with E-state index < -0.39 is 5.91 Å². The summed E-state index contributed by atoms with van der Waals surface area (Å²) in [4.78, 5) is 30.4. The number of rotatable bonds is 4. The van der Waals surface area contributed by atoms with E-state index in [4.69, 9.17) is 0 Å². The van der Waals surface area contributed by atoms with E-state index in [1.165, 1.54) is 11.3 Å². The molecule has 0 unspecified atom stereocenters. The molecule has 0 saturated heterocycles. The number of fused-ring (bicyclic) bond motifs is 1. The van der Waals surface area contributed by atoms with Gasteiger partial charge in [-0.2, -0.15) is 5.26 Å². The Labute approximate surface area is 183 Å². The summed E-state index contributed by atoms with van der Waals surface area (Å²) in [5.74, 6) is -0.482. The van der Waals surface area contributed by atoms with Crippen LogP contribution in [-0.4, -0.2) is 17.6 Å². The topological polar surface area (TPSA) is 94.3 Å². The number of amides is 2. The van der Waals surface area contributed by atoms with Crippen molar-refractivity contribution in [3.8, 4) is 6.07 Å². The zero-order chi connectivity index (χ0) is 21.8. The Morgan fingerprint density at radius 2 is 1.71 bits per heavy atom. The predicted octanol–water partition coefficient (Wildman–Crippen LogP) is 4.05. The van der Waals surface area contributed by atoms with Gasteiger partial charge in [0.15, 0.2) is 0 Å². The first-order valence-electron chi connectivity index (χ1n) is 9.62. The van der Waals surface area contributed by atoms with E-state index in [1.54, 1.807) is 30.3 Å². The molecule has 2 heterocycles. The van der Waals surface area contributed by atoms with Crippen LogP contribution < -0.4 is 10.6 Å². The number of aliphatic imine (C=N–C) groups is 1. The van der Waals surface area contributed by atoms with Crippen molar-refractivity contribution in [2.75, 3.05) is 0 Å². The summed E-state index contributed by atoms with van der Waals surface area (Å²) in [5, 5.41) is 17.2. The fourth-order valence-electron chi connectivity index (χ4n) is 3.30. The summed E-state index contributed by atoms with van der Waals surface area (Å²) in [6.45, 7) is 1.85. The Hall–Kier alpha value is -4.02. The first-order chi connectivity index (χ1) is 15.1. The van der Waals surface area contributed by atoms with Crippen LogP contribution in [0, 0.1) is 11.3 Å². The summed E-state index contributed by atoms with van der Waals surface area (Å²) < 4.78 is 0. The molecule has 1 aromatic heterocycles. The zero-order valence-corrected chi connectivity index (χ0v) is 17.4. The second kappa shape index (κ2) is 8.78. The van der Waals surface area contributed by atoms with Crippen LogP contribution in [0.25, 0.3) is 5.70 Å². The maximum absolute atomic E-state index is 12.9. The number of nitrogens with one attached hydrogen (secondary N) is 2. The molecule has 2 aromatic carbocycles.